The number of hydrogen-bond donors (Lipinski definition) is 1. The highest BCUT2D eigenvalue weighted by molar-refractivity contribution is 5.89. The van der Waals surface area contributed by atoms with E-state index in [9.17, 15) is 0 Å². The topological polar surface area (TPSA) is 55.6 Å². The van der Waals surface area contributed by atoms with Crippen LogP contribution in [0.15, 0.2) is 74.0 Å². The minimum atomic E-state index is 0.762. The summed E-state index contributed by atoms with van der Waals surface area (Å²) >= 11 is 0. The molecule has 0 aliphatic carbocycles. The van der Waals surface area contributed by atoms with E-state index in [4.69, 9.17) is 0 Å². The number of pyridine rings is 2. The number of anilines is 1. The Hall–Kier alpha value is -3.47. The highest BCUT2D eigenvalue weighted by Crippen LogP contribution is 2.26. The van der Waals surface area contributed by atoms with E-state index in [0.717, 1.165) is 39.0 Å². The van der Waals surface area contributed by atoms with Gasteiger partial charge in [-0.15, -0.1) is 0 Å². The number of aromatic nitrogens is 4. The van der Waals surface area contributed by atoms with Gasteiger partial charge in [0.1, 0.15) is 5.82 Å². The van der Waals surface area contributed by atoms with Gasteiger partial charge in [0.05, 0.1) is 6.20 Å². The van der Waals surface area contributed by atoms with Gasteiger partial charge in [0.25, 0.3) is 0 Å². The molecule has 0 unspecified atom stereocenters. The maximum absolute atomic E-state index is 4.47. The molecule has 5 heteroatoms. The first-order valence-corrected chi connectivity index (χ1v) is 7.94. The molecule has 122 valence electrons. The number of nitrogens with one attached hydrogen (secondary N) is 1. The minimum absolute atomic E-state index is 0.762. The molecule has 1 aromatic carbocycles. The van der Waals surface area contributed by atoms with E-state index < -0.39 is 0 Å². The van der Waals surface area contributed by atoms with Crippen molar-refractivity contribution >= 4 is 22.3 Å². The lowest BCUT2D eigenvalue weighted by atomic mass is 10.0. The van der Waals surface area contributed by atoms with Crippen LogP contribution in [0.2, 0.25) is 0 Å². The van der Waals surface area contributed by atoms with E-state index in [1.807, 2.05) is 43.8 Å². The Morgan fingerprint density at radius 2 is 1.84 bits per heavy atom. The van der Waals surface area contributed by atoms with Gasteiger partial charge in [-0.1, -0.05) is 18.7 Å². The molecular formula is C20H17N5. The molecule has 3 aromatic heterocycles. The van der Waals surface area contributed by atoms with Gasteiger partial charge in [-0.2, -0.15) is 5.10 Å². The van der Waals surface area contributed by atoms with Gasteiger partial charge in [0.15, 0.2) is 0 Å². The van der Waals surface area contributed by atoms with Crippen molar-refractivity contribution in [3.05, 3.63) is 79.5 Å². The van der Waals surface area contributed by atoms with Crippen LogP contribution in [0, 0.1) is 0 Å². The predicted octanol–water partition coefficient (Wildman–Crippen LogP) is 4.11. The summed E-state index contributed by atoms with van der Waals surface area (Å²) in [6, 6.07) is 12.2. The second-order valence-corrected chi connectivity index (χ2v) is 5.87. The Bertz CT molecular complexity index is 1050. The fourth-order valence-corrected chi connectivity index (χ4v) is 2.74. The molecule has 5 nitrogen and oxygen atoms in total. The van der Waals surface area contributed by atoms with Gasteiger partial charge in [0, 0.05) is 54.0 Å². The van der Waals surface area contributed by atoms with E-state index in [0.29, 0.717) is 0 Å². The lowest BCUT2D eigenvalue weighted by Gasteiger charge is -2.10. The Balaban J connectivity index is 1.66. The number of fused-ring (bicyclic) bond motifs is 1. The van der Waals surface area contributed by atoms with Gasteiger partial charge in [0.2, 0.25) is 0 Å². The summed E-state index contributed by atoms with van der Waals surface area (Å²) in [6.07, 6.45) is 9.23. The molecular weight excluding hydrogens is 310 g/mol. The van der Waals surface area contributed by atoms with E-state index in [-0.39, 0.29) is 0 Å². The van der Waals surface area contributed by atoms with Crippen LogP contribution >= 0.6 is 0 Å². The highest BCUT2D eigenvalue weighted by atomic mass is 15.2. The summed E-state index contributed by atoms with van der Waals surface area (Å²) in [4.78, 5) is 8.50. The quantitative estimate of drug-likeness (QED) is 0.613. The fourth-order valence-electron chi connectivity index (χ4n) is 2.74. The molecule has 0 radical (unpaired) electrons. The zero-order valence-corrected chi connectivity index (χ0v) is 13.8. The third-order valence-electron chi connectivity index (χ3n) is 4.07. The average molecular weight is 327 g/mol. The maximum atomic E-state index is 4.47. The van der Waals surface area contributed by atoms with Crippen LogP contribution in [0.25, 0.3) is 27.6 Å². The molecule has 0 amide bonds. The summed E-state index contributed by atoms with van der Waals surface area (Å²) in [6.45, 7) is 4.08. The first-order valence-electron chi connectivity index (χ1n) is 7.94. The number of rotatable bonds is 4. The van der Waals surface area contributed by atoms with Crippen molar-refractivity contribution in [3.8, 4) is 11.1 Å². The first kappa shape index (κ1) is 15.1. The van der Waals surface area contributed by atoms with Gasteiger partial charge >= 0.3 is 0 Å². The Morgan fingerprint density at radius 3 is 2.60 bits per heavy atom. The van der Waals surface area contributed by atoms with Crippen LogP contribution in [0.1, 0.15) is 5.56 Å². The summed E-state index contributed by atoms with van der Waals surface area (Å²) < 4.78 is 1.80. The van der Waals surface area contributed by atoms with Crippen molar-refractivity contribution in [1.29, 1.82) is 0 Å². The number of aryl methyl sites for hydroxylation is 1. The smallest absolute Gasteiger partial charge is 0.130 e. The van der Waals surface area contributed by atoms with Crippen LogP contribution in [0.3, 0.4) is 0 Å². The van der Waals surface area contributed by atoms with Crippen molar-refractivity contribution < 1.29 is 0 Å². The average Bonchev–Trinajstić information content (AvgIpc) is 3.08. The van der Waals surface area contributed by atoms with E-state index >= 15 is 0 Å². The lowest BCUT2D eigenvalue weighted by Crippen LogP contribution is -1.99. The molecule has 0 bridgehead atoms. The Labute approximate surface area is 145 Å². The van der Waals surface area contributed by atoms with Crippen molar-refractivity contribution in [2.75, 3.05) is 5.32 Å². The molecule has 0 fully saturated rings. The van der Waals surface area contributed by atoms with Crippen molar-refractivity contribution in [2.24, 2.45) is 7.05 Å². The first-order chi connectivity index (χ1) is 12.2. The normalized spacial score (nSPS) is 10.8. The van der Waals surface area contributed by atoms with E-state index in [1.165, 1.54) is 0 Å². The molecule has 0 aliphatic rings. The molecule has 4 aromatic rings. The maximum Gasteiger partial charge on any atom is 0.130 e. The predicted molar refractivity (Wildman–Crippen MR) is 101 cm³/mol. The van der Waals surface area contributed by atoms with Crippen molar-refractivity contribution in [3.63, 3.8) is 0 Å². The summed E-state index contributed by atoms with van der Waals surface area (Å²) in [5.41, 5.74) is 4.00. The zero-order chi connectivity index (χ0) is 17.2. The summed E-state index contributed by atoms with van der Waals surface area (Å²) in [5.74, 6) is 0.762. The second-order valence-electron chi connectivity index (χ2n) is 5.87. The van der Waals surface area contributed by atoms with Crippen LogP contribution < -0.4 is 5.32 Å². The van der Waals surface area contributed by atoms with Crippen LogP contribution in [-0.4, -0.2) is 19.7 Å². The van der Waals surface area contributed by atoms with Crippen LogP contribution in [0.5, 0.6) is 0 Å². The molecule has 3 heterocycles. The highest BCUT2D eigenvalue weighted by Gasteiger charge is 2.05. The molecule has 0 spiro atoms. The minimum Gasteiger partial charge on any atom is -0.340 e. The molecule has 0 saturated heterocycles. The molecule has 4 rings (SSSR count). The third-order valence-corrected chi connectivity index (χ3v) is 4.07. The van der Waals surface area contributed by atoms with E-state index in [2.05, 4.69) is 45.2 Å². The van der Waals surface area contributed by atoms with Crippen molar-refractivity contribution in [1.82, 2.24) is 19.7 Å². The Kier molecular flexibility index (Phi) is 3.74. The fraction of sp³-hybridized carbons (Fsp3) is 0.0500. The SMILES string of the molecule is C=C(Nc1cc2cc(-c3cnn(C)c3)ccc2cn1)c1ccncc1. The number of nitrogens with zero attached hydrogens (tertiary/aromatic N) is 4. The third kappa shape index (κ3) is 3.12. The van der Waals surface area contributed by atoms with Gasteiger partial charge in [-0.25, -0.2) is 4.98 Å². The molecule has 1 N–H and O–H groups in total. The van der Waals surface area contributed by atoms with E-state index in [1.54, 1.807) is 17.1 Å². The van der Waals surface area contributed by atoms with Crippen LogP contribution in [-0.2, 0) is 7.05 Å². The summed E-state index contributed by atoms with van der Waals surface area (Å²) in [7, 11) is 1.92. The van der Waals surface area contributed by atoms with Crippen LogP contribution in [0.4, 0.5) is 5.82 Å². The Morgan fingerprint density at radius 1 is 1.00 bits per heavy atom. The van der Waals surface area contributed by atoms with Gasteiger partial charge < -0.3 is 5.32 Å². The number of benzene rings is 1. The number of hydrogen-bond acceptors (Lipinski definition) is 4. The molecule has 25 heavy (non-hydrogen) atoms. The summed E-state index contributed by atoms with van der Waals surface area (Å²) in [5, 5.41) is 9.71. The molecule has 0 aliphatic heterocycles. The molecule has 0 saturated carbocycles. The van der Waals surface area contributed by atoms with Crippen molar-refractivity contribution in [2.45, 2.75) is 0 Å². The second kappa shape index (κ2) is 6.20. The standard InChI is InChI=1S/C20H17N5/c1-14(15-5-7-21-8-6-15)24-20-10-18-9-16(3-4-17(18)11-22-20)19-12-23-25(2)13-19/h3-13H,1H2,2H3,(H,22,24). The lowest BCUT2D eigenvalue weighted by molar-refractivity contribution is 0.768. The largest absolute Gasteiger partial charge is 0.340 e. The monoisotopic (exact) mass is 327 g/mol. The van der Waals surface area contributed by atoms with Gasteiger partial charge in [-0.05, 0) is 35.2 Å². The molecule has 0 atom stereocenters. The zero-order valence-electron chi connectivity index (χ0n) is 13.8. The van der Waals surface area contributed by atoms with Gasteiger partial charge in [-0.3, -0.25) is 9.67 Å².